The molecule has 0 atom stereocenters. The van der Waals surface area contributed by atoms with Gasteiger partial charge in [-0.3, -0.25) is 4.79 Å². The predicted molar refractivity (Wildman–Crippen MR) is 75.0 cm³/mol. The molecule has 0 unspecified atom stereocenters. The topological polar surface area (TPSA) is 64.3 Å². The lowest BCUT2D eigenvalue weighted by atomic mass is 10.1. The number of nitrogens with two attached hydrogens (primary N) is 1. The van der Waals surface area contributed by atoms with Gasteiger partial charge in [-0.1, -0.05) is 30.3 Å². The molecule has 0 aromatic heterocycles. The minimum atomic E-state index is -0.151. The van der Waals surface area contributed by atoms with Gasteiger partial charge < -0.3 is 15.8 Å². The normalized spacial score (nSPS) is 9.95. The van der Waals surface area contributed by atoms with E-state index >= 15 is 0 Å². The number of hydrogen-bond acceptors (Lipinski definition) is 3. The number of nitrogen functional groups attached to an aromatic ring is 1. The summed E-state index contributed by atoms with van der Waals surface area (Å²) in [6, 6.07) is 14.7. The molecule has 0 fully saturated rings. The van der Waals surface area contributed by atoms with E-state index in [1.54, 1.807) is 18.2 Å². The van der Waals surface area contributed by atoms with Crippen LogP contribution in [-0.2, 0) is 6.54 Å². The average Bonchev–Trinajstić information content (AvgIpc) is 2.46. The molecular weight excluding hydrogens is 240 g/mol. The van der Waals surface area contributed by atoms with Crippen molar-refractivity contribution in [1.29, 1.82) is 0 Å². The number of benzene rings is 2. The van der Waals surface area contributed by atoms with Crippen LogP contribution in [0.2, 0.25) is 0 Å². The first-order chi connectivity index (χ1) is 9.20. The van der Waals surface area contributed by atoms with Crippen molar-refractivity contribution in [2.24, 2.45) is 0 Å². The molecule has 4 nitrogen and oxygen atoms in total. The Balaban J connectivity index is 2.04. The molecule has 1 amide bonds. The van der Waals surface area contributed by atoms with E-state index in [4.69, 9.17) is 10.5 Å². The first-order valence-electron chi connectivity index (χ1n) is 5.96. The van der Waals surface area contributed by atoms with Gasteiger partial charge in [0.25, 0.3) is 5.91 Å². The van der Waals surface area contributed by atoms with Gasteiger partial charge in [-0.2, -0.15) is 0 Å². The molecule has 2 rings (SSSR count). The maximum atomic E-state index is 12.0. The molecule has 2 aromatic carbocycles. The van der Waals surface area contributed by atoms with Crippen LogP contribution in [0.15, 0.2) is 48.5 Å². The monoisotopic (exact) mass is 256 g/mol. The highest BCUT2D eigenvalue weighted by Gasteiger charge is 2.08. The number of nitrogens with one attached hydrogen (secondary N) is 1. The first-order valence-corrected chi connectivity index (χ1v) is 5.96. The van der Waals surface area contributed by atoms with Gasteiger partial charge in [0, 0.05) is 12.1 Å². The van der Waals surface area contributed by atoms with Crippen LogP contribution in [-0.4, -0.2) is 13.0 Å². The smallest absolute Gasteiger partial charge is 0.251 e. The minimum Gasteiger partial charge on any atom is -0.495 e. The van der Waals surface area contributed by atoms with E-state index in [2.05, 4.69) is 5.32 Å². The van der Waals surface area contributed by atoms with Crippen LogP contribution in [0, 0.1) is 0 Å². The molecular formula is C15H16N2O2. The van der Waals surface area contributed by atoms with E-state index in [0.717, 1.165) is 5.56 Å². The molecule has 0 bridgehead atoms. The van der Waals surface area contributed by atoms with Crippen LogP contribution in [0.25, 0.3) is 0 Å². The fourth-order valence-electron chi connectivity index (χ4n) is 1.73. The van der Waals surface area contributed by atoms with Gasteiger partial charge in [-0.05, 0) is 23.8 Å². The zero-order chi connectivity index (χ0) is 13.7. The molecule has 0 heterocycles. The second kappa shape index (κ2) is 5.91. The second-order valence-electron chi connectivity index (χ2n) is 4.13. The molecule has 0 aliphatic rings. The molecule has 0 aliphatic heterocycles. The van der Waals surface area contributed by atoms with Crippen molar-refractivity contribution in [2.45, 2.75) is 6.54 Å². The van der Waals surface area contributed by atoms with Crippen molar-refractivity contribution in [3.63, 3.8) is 0 Å². The Morgan fingerprint density at radius 2 is 1.95 bits per heavy atom. The number of amides is 1. The Hall–Kier alpha value is -2.49. The van der Waals surface area contributed by atoms with E-state index in [-0.39, 0.29) is 5.91 Å². The highest BCUT2D eigenvalue weighted by atomic mass is 16.5. The van der Waals surface area contributed by atoms with Crippen molar-refractivity contribution >= 4 is 11.6 Å². The molecule has 4 heteroatoms. The summed E-state index contributed by atoms with van der Waals surface area (Å²) in [4.78, 5) is 12.0. The predicted octanol–water partition coefficient (Wildman–Crippen LogP) is 2.21. The number of methoxy groups -OCH3 is 1. The molecule has 0 spiro atoms. The van der Waals surface area contributed by atoms with E-state index in [0.29, 0.717) is 23.5 Å². The van der Waals surface area contributed by atoms with E-state index < -0.39 is 0 Å². The molecule has 3 N–H and O–H groups in total. The summed E-state index contributed by atoms with van der Waals surface area (Å²) in [7, 11) is 1.53. The number of ether oxygens (including phenoxy) is 1. The second-order valence-corrected chi connectivity index (χ2v) is 4.13. The maximum Gasteiger partial charge on any atom is 0.251 e. The quantitative estimate of drug-likeness (QED) is 0.824. The van der Waals surface area contributed by atoms with Crippen LogP contribution in [0.3, 0.4) is 0 Å². The highest BCUT2D eigenvalue weighted by Crippen LogP contribution is 2.22. The van der Waals surface area contributed by atoms with E-state index in [1.807, 2.05) is 30.3 Å². The lowest BCUT2D eigenvalue weighted by Crippen LogP contribution is -2.22. The van der Waals surface area contributed by atoms with Crippen LogP contribution in [0.4, 0.5) is 5.69 Å². The van der Waals surface area contributed by atoms with Gasteiger partial charge in [0.05, 0.1) is 12.8 Å². The van der Waals surface area contributed by atoms with Gasteiger partial charge in [0.2, 0.25) is 0 Å². The Bertz CT molecular complexity index is 568. The van der Waals surface area contributed by atoms with Crippen LogP contribution in [0.5, 0.6) is 5.75 Å². The third-order valence-corrected chi connectivity index (χ3v) is 2.79. The SMILES string of the molecule is COc1cc(C(=O)NCc2ccccc2)ccc1N. The number of carbonyl (C=O) groups is 1. The zero-order valence-corrected chi connectivity index (χ0v) is 10.7. The Morgan fingerprint density at radius 3 is 2.63 bits per heavy atom. The third kappa shape index (κ3) is 3.25. The summed E-state index contributed by atoms with van der Waals surface area (Å²) in [5.74, 6) is 0.356. The molecule has 98 valence electrons. The zero-order valence-electron chi connectivity index (χ0n) is 10.7. The average molecular weight is 256 g/mol. The number of hydrogen-bond donors (Lipinski definition) is 2. The van der Waals surface area contributed by atoms with Gasteiger partial charge in [-0.15, -0.1) is 0 Å². The van der Waals surface area contributed by atoms with Crippen molar-refractivity contribution in [2.75, 3.05) is 12.8 Å². The minimum absolute atomic E-state index is 0.151. The first kappa shape index (κ1) is 13.0. The van der Waals surface area contributed by atoms with Crippen LogP contribution < -0.4 is 15.8 Å². The molecule has 0 radical (unpaired) electrons. The van der Waals surface area contributed by atoms with Crippen molar-refractivity contribution in [3.05, 3.63) is 59.7 Å². The lowest BCUT2D eigenvalue weighted by Gasteiger charge is -2.08. The van der Waals surface area contributed by atoms with Gasteiger partial charge >= 0.3 is 0 Å². The standard InChI is InChI=1S/C15H16N2O2/c1-19-14-9-12(7-8-13(14)16)15(18)17-10-11-5-3-2-4-6-11/h2-9H,10,16H2,1H3,(H,17,18). The summed E-state index contributed by atoms with van der Waals surface area (Å²) in [6.07, 6.45) is 0. The van der Waals surface area contributed by atoms with Crippen LogP contribution >= 0.6 is 0 Å². The fourth-order valence-corrected chi connectivity index (χ4v) is 1.73. The molecule has 0 aliphatic carbocycles. The molecule has 0 saturated carbocycles. The summed E-state index contributed by atoms with van der Waals surface area (Å²) in [5, 5.41) is 2.85. The van der Waals surface area contributed by atoms with Gasteiger partial charge in [-0.25, -0.2) is 0 Å². The Labute approximate surface area is 112 Å². The molecule has 2 aromatic rings. The lowest BCUT2D eigenvalue weighted by molar-refractivity contribution is 0.0950. The number of anilines is 1. The summed E-state index contributed by atoms with van der Waals surface area (Å²) in [6.45, 7) is 0.492. The molecule has 19 heavy (non-hydrogen) atoms. The van der Waals surface area contributed by atoms with Crippen molar-refractivity contribution < 1.29 is 9.53 Å². The van der Waals surface area contributed by atoms with Crippen molar-refractivity contribution in [1.82, 2.24) is 5.32 Å². The third-order valence-electron chi connectivity index (χ3n) is 2.79. The fraction of sp³-hybridized carbons (Fsp3) is 0.133. The van der Waals surface area contributed by atoms with Crippen LogP contribution in [0.1, 0.15) is 15.9 Å². The summed E-state index contributed by atoms with van der Waals surface area (Å²) in [5.41, 5.74) is 7.81. The summed E-state index contributed by atoms with van der Waals surface area (Å²) >= 11 is 0. The number of carbonyl (C=O) groups excluding carboxylic acids is 1. The van der Waals surface area contributed by atoms with E-state index in [1.165, 1.54) is 7.11 Å². The maximum absolute atomic E-state index is 12.0. The summed E-state index contributed by atoms with van der Waals surface area (Å²) < 4.78 is 5.09. The van der Waals surface area contributed by atoms with Gasteiger partial charge in [0.15, 0.2) is 0 Å². The Morgan fingerprint density at radius 1 is 1.21 bits per heavy atom. The highest BCUT2D eigenvalue weighted by molar-refractivity contribution is 5.95. The largest absolute Gasteiger partial charge is 0.495 e. The van der Waals surface area contributed by atoms with Gasteiger partial charge in [0.1, 0.15) is 5.75 Å². The van der Waals surface area contributed by atoms with E-state index in [9.17, 15) is 4.79 Å². The number of rotatable bonds is 4. The Kier molecular flexibility index (Phi) is 4.03. The van der Waals surface area contributed by atoms with Crippen molar-refractivity contribution in [3.8, 4) is 5.75 Å². The molecule has 0 saturated heterocycles.